The van der Waals surface area contributed by atoms with Crippen LogP contribution in [0.1, 0.15) is 32.4 Å². The number of aromatic nitrogens is 1. The molecule has 3 heterocycles. The predicted octanol–water partition coefficient (Wildman–Crippen LogP) is 0.687. The number of nitrogens with two attached hydrogens (primary N) is 1. The number of thioether (sulfide) groups is 1. The first-order valence-corrected chi connectivity index (χ1v) is 12.0. The van der Waals surface area contributed by atoms with Crippen LogP contribution in [0.4, 0.5) is 9.52 Å². The van der Waals surface area contributed by atoms with E-state index >= 15 is 0 Å². The third-order valence-corrected chi connectivity index (χ3v) is 6.79. The van der Waals surface area contributed by atoms with E-state index in [0.717, 1.165) is 11.3 Å². The smallest absolute Gasteiger partial charge is 0.352 e. The van der Waals surface area contributed by atoms with Gasteiger partial charge < -0.3 is 25.7 Å². The quantitative estimate of drug-likeness (QED) is 0.132. The molecule has 0 bridgehead atoms. The normalized spacial score (nSPS) is 19.9. The fourth-order valence-electron chi connectivity index (χ4n) is 3.17. The fraction of sp³-hybridized carbons (Fsp3) is 0.474. The lowest BCUT2D eigenvalue weighted by atomic mass is 10.0. The molecule has 12 nitrogen and oxygen atoms in total. The van der Waals surface area contributed by atoms with E-state index in [0.29, 0.717) is 17.8 Å². The number of anilines is 1. The molecule has 0 radical (unpaired) electrons. The molecular weight excluding hydrogens is 493 g/mol. The number of carbonyl (C=O) groups is 4. The van der Waals surface area contributed by atoms with E-state index in [1.54, 1.807) is 0 Å². The first kappa shape index (κ1) is 25.4. The second-order valence-corrected chi connectivity index (χ2v) is 9.29. The van der Waals surface area contributed by atoms with Gasteiger partial charge in [0.15, 0.2) is 10.8 Å². The Labute approximate surface area is 201 Å². The molecule has 1 fully saturated rings. The van der Waals surface area contributed by atoms with Gasteiger partial charge in [0.2, 0.25) is 5.13 Å². The zero-order valence-corrected chi connectivity index (χ0v) is 19.8. The van der Waals surface area contributed by atoms with Gasteiger partial charge in [-0.2, -0.15) is 4.39 Å². The van der Waals surface area contributed by atoms with Crippen LogP contribution in [-0.2, 0) is 28.8 Å². The minimum absolute atomic E-state index is 0.119. The van der Waals surface area contributed by atoms with Crippen LogP contribution in [0.5, 0.6) is 0 Å². The van der Waals surface area contributed by atoms with Crippen molar-refractivity contribution in [3.05, 3.63) is 22.1 Å². The number of amides is 2. The molecular formula is C19H22FN5O7S2. The van der Waals surface area contributed by atoms with Crippen LogP contribution in [0.25, 0.3) is 0 Å². The number of hydrogen-bond acceptors (Lipinski definition) is 11. The van der Waals surface area contributed by atoms with Gasteiger partial charge in [-0.3, -0.25) is 19.3 Å². The van der Waals surface area contributed by atoms with E-state index in [1.165, 1.54) is 18.7 Å². The van der Waals surface area contributed by atoms with Crippen molar-refractivity contribution in [2.75, 3.05) is 24.7 Å². The lowest BCUT2D eigenvalue weighted by Crippen LogP contribution is -2.71. The summed E-state index contributed by atoms with van der Waals surface area (Å²) in [5, 5.41) is 14.1. The van der Waals surface area contributed by atoms with Crippen molar-refractivity contribution >= 4 is 57.7 Å². The van der Waals surface area contributed by atoms with Crippen LogP contribution in [0, 0.1) is 5.13 Å². The Morgan fingerprint density at radius 3 is 2.74 bits per heavy atom. The number of nitrogens with zero attached hydrogens (tertiary/aromatic N) is 3. The molecule has 1 saturated heterocycles. The third kappa shape index (κ3) is 5.30. The molecule has 0 spiro atoms. The lowest BCUT2D eigenvalue weighted by molar-refractivity contribution is -0.150. The van der Waals surface area contributed by atoms with Crippen LogP contribution in [0.3, 0.4) is 0 Å². The molecule has 0 unspecified atom stereocenters. The Morgan fingerprint density at radius 1 is 1.41 bits per heavy atom. The van der Waals surface area contributed by atoms with Crippen molar-refractivity contribution in [1.82, 2.24) is 15.2 Å². The number of unbranched alkanes of at least 4 members (excludes halogenated alkanes) is 1. The van der Waals surface area contributed by atoms with Gasteiger partial charge in [0, 0.05) is 18.2 Å². The van der Waals surface area contributed by atoms with E-state index in [1.807, 2.05) is 6.92 Å². The van der Waals surface area contributed by atoms with Crippen molar-refractivity contribution in [2.24, 2.45) is 5.16 Å². The van der Waals surface area contributed by atoms with Crippen LogP contribution < -0.4 is 11.1 Å². The SMILES string of the molecule is CCCCON=C(C(=O)N[C@@H]1C(=O)N2C(C(=O)O)=C(COC(C)=O)CS[C@H]12)c1nc(N)sc1F. The molecule has 0 aliphatic carbocycles. The average Bonchev–Trinajstić information content (AvgIpc) is 3.12. The number of carboxylic acid groups (broad SMARTS) is 1. The largest absolute Gasteiger partial charge is 0.477 e. The first-order chi connectivity index (χ1) is 16.1. The number of carboxylic acids is 1. The summed E-state index contributed by atoms with van der Waals surface area (Å²) in [4.78, 5) is 58.5. The lowest BCUT2D eigenvalue weighted by Gasteiger charge is -2.49. The van der Waals surface area contributed by atoms with Crippen molar-refractivity contribution in [3.63, 3.8) is 0 Å². The van der Waals surface area contributed by atoms with Gasteiger partial charge in [0.25, 0.3) is 11.8 Å². The number of thiazole rings is 1. The summed E-state index contributed by atoms with van der Waals surface area (Å²) in [6.07, 6.45) is 1.45. The number of nitrogens with one attached hydrogen (secondary N) is 1. The van der Waals surface area contributed by atoms with Crippen LogP contribution >= 0.6 is 23.1 Å². The standard InChI is InChI=1S/C19H22FN5O7S2/c1-3-4-5-32-24-11(10-14(20)34-19(21)23-10)15(27)22-12-16(28)25-13(18(29)30)9(6-31-8(2)26)7-33-17(12)25/h12,17H,3-7H2,1-2H3,(H2,21,23)(H,22,27)(H,29,30)/t12-,17-/m1/s1. The number of β-lactam (4-membered cyclic amide) rings is 1. The van der Waals surface area contributed by atoms with Gasteiger partial charge in [-0.15, -0.1) is 11.8 Å². The number of carbonyl (C=O) groups excluding carboxylic acids is 3. The monoisotopic (exact) mass is 515 g/mol. The number of halogens is 1. The topological polar surface area (TPSA) is 174 Å². The van der Waals surface area contributed by atoms with Crippen molar-refractivity contribution in [3.8, 4) is 0 Å². The second kappa shape index (κ2) is 10.8. The van der Waals surface area contributed by atoms with Gasteiger partial charge in [-0.25, -0.2) is 9.78 Å². The van der Waals surface area contributed by atoms with Gasteiger partial charge in [0.05, 0.1) is 0 Å². The highest BCUT2D eigenvalue weighted by Crippen LogP contribution is 2.40. The molecule has 1 aromatic heterocycles. The Kier molecular flexibility index (Phi) is 8.09. The van der Waals surface area contributed by atoms with Crippen LogP contribution in [0.15, 0.2) is 16.4 Å². The molecule has 184 valence electrons. The Hall–Kier alpha value is -3.20. The summed E-state index contributed by atoms with van der Waals surface area (Å²) in [5.74, 6) is -3.41. The van der Waals surface area contributed by atoms with E-state index in [9.17, 15) is 28.7 Å². The Morgan fingerprint density at radius 2 is 2.15 bits per heavy atom. The highest BCUT2D eigenvalue weighted by atomic mass is 32.2. The summed E-state index contributed by atoms with van der Waals surface area (Å²) in [7, 11) is 0. The summed E-state index contributed by atoms with van der Waals surface area (Å²) >= 11 is 1.71. The highest BCUT2D eigenvalue weighted by Gasteiger charge is 2.54. The summed E-state index contributed by atoms with van der Waals surface area (Å²) < 4.78 is 19.1. The molecule has 0 aromatic carbocycles. The number of hydrogen-bond donors (Lipinski definition) is 3. The molecule has 34 heavy (non-hydrogen) atoms. The second-order valence-electron chi connectivity index (χ2n) is 7.20. The van der Waals surface area contributed by atoms with Gasteiger partial charge in [0.1, 0.15) is 36.0 Å². The molecule has 2 aliphatic heterocycles. The van der Waals surface area contributed by atoms with Gasteiger partial charge in [-0.1, -0.05) is 29.8 Å². The number of nitrogen functional groups attached to an aromatic ring is 1. The van der Waals surface area contributed by atoms with Crippen molar-refractivity contribution in [1.29, 1.82) is 0 Å². The van der Waals surface area contributed by atoms with Crippen LogP contribution in [0.2, 0.25) is 0 Å². The van der Waals surface area contributed by atoms with Crippen molar-refractivity contribution < 1.29 is 38.2 Å². The zero-order valence-electron chi connectivity index (χ0n) is 18.2. The number of fused-ring (bicyclic) bond motifs is 1. The molecule has 4 N–H and O–H groups in total. The molecule has 2 aliphatic rings. The Bertz CT molecular complexity index is 1070. The number of rotatable bonds is 10. The summed E-state index contributed by atoms with van der Waals surface area (Å²) in [6.45, 7) is 3.02. The average molecular weight is 516 g/mol. The highest BCUT2D eigenvalue weighted by molar-refractivity contribution is 8.00. The van der Waals surface area contributed by atoms with Crippen molar-refractivity contribution in [2.45, 2.75) is 38.1 Å². The molecule has 2 atom stereocenters. The first-order valence-electron chi connectivity index (χ1n) is 10.1. The Balaban J connectivity index is 1.79. The zero-order chi connectivity index (χ0) is 25.0. The molecule has 0 saturated carbocycles. The maximum absolute atomic E-state index is 14.3. The third-order valence-electron chi connectivity index (χ3n) is 4.77. The van der Waals surface area contributed by atoms with Gasteiger partial charge in [-0.05, 0) is 6.42 Å². The summed E-state index contributed by atoms with van der Waals surface area (Å²) in [6, 6.07) is -1.10. The molecule has 2 amide bonds. The fourth-order valence-corrected chi connectivity index (χ4v) is 5.05. The minimum Gasteiger partial charge on any atom is -0.477 e. The van der Waals surface area contributed by atoms with Gasteiger partial charge >= 0.3 is 11.9 Å². The predicted molar refractivity (Wildman–Crippen MR) is 120 cm³/mol. The number of ether oxygens (including phenoxy) is 1. The summed E-state index contributed by atoms with van der Waals surface area (Å²) in [5.41, 5.74) is 4.59. The maximum Gasteiger partial charge on any atom is 0.352 e. The van der Waals surface area contributed by atoms with E-state index < -0.39 is 51.7 Å². The van der Waals surface area contributed by atoms with E-state index in [4.69, 9.17) is 15.3 Å². The van der Waals surface area contributed by atoms with E-state index in [2.05, 4.69) is 15.5 Å². The number of aliphatic carboxylic acids is 1. The molecule has 15 heteroatoms. The van der Waals surface area contributed by atoms with Crippen LogP contribution in [-0.4, -0.2) is 74.8 Å². The van der Waals surface area contributed by atoms with E-state index in [-0.39, 0.29) is 35.4 Å². The minimum atomic E-state index is -1.36. The number of oxime groups is 1. The maximum atomic E-state index is 14.3. The number of esters is 1. The molecule has 3 rings (SSSR count). The molecule has 1 aromatic rings.